The van der Waals surface area contributed by atoms with Gasteiger partial charge in [-0.25, -0.2) is 0 Å². The van der Waals surface area contributed by atoms with Gasteiger partial charge in [0, 0.05) is 4.47 Å². The lowest BCUT2D eigenvalue weighted by Gasteiger charge is -2.19. The van der Waals surface area contributed by atoms with Crippen LogP contribution in [0.3, 0.4) is 0 Å². The number of ether oxygens (including phenoxy) is 1. The predicted octanol–water partition coefficient (Wildman–Crippen LogP) is 3.39. The van der Waals surface area contributed by atoms with Crippen LogP contribution in [0.4, 0.5) is 0 Å². The lowest BCUT2D eigenvalue weighted by atomic mass is 9.94. The molecule has 0 saturated carbocycles. The fraction of sp³-hybridized carbons (Fsp3) is 0.538. The smallest absolute Gasteiger partial charge is 0.125 e. The van der Waals surface area contributed by atoms with E-state index in [1.54, 1.807) is 7.11 Å². The topological polar surface area (TPSA) is 35.2 Å². The van der Waals surface area contributed by atoms with Gasteiger partial charge in [-0.1, -0.05) is 29.8 Å². The third kappa shape index (κ3) is 2.58. The molecule has 1 rings (SSSR count). The molecule has 90 valence electrons. The molecule has 0 heterocycles. The molecule has 0 aliphatic heterocycles. The first-order chi connectivity index (χ1) is 7.52. The predicted molar refractivity (Wildman–Crippen MR) is 72.3 cm³/mol. The number of methoxy groups -OCH3 is 1. The minimum Gasteiger partial charge on any atom is -0.496 e. The summed E-state index contributed by atoms with van der Waals surface area (Å²) in [5.41, 5.74) is 9.35. The third-order valence-electron chi connectivity index (χ3n) is 2.85. The summed E-state index contributed by atoms with van der Waals surface area (Å²) in [5, 5.41) is 0. The maximum absolute atomic E-state index is 5.66. The van der Waals surface area contributed by atoms with Gasteiger partial charge in [0.05, 0.1) is 7.11 Å². The standard InChI is InChI=1S/C13H20BrNO/c1-8(2)11-7-12(14)9(3)10(5-6-15)13(11)16-4/h7-8H,5-6,15H2,1-4H3. The zero-order valence-corrected chi connectivity index (χ0v) is 12.0. The minimum absolute atomic E-state index is 0.448. The van der Waals surface area contributed by atoms with Crippen LogP contribution in [0.25, 0.3) is 0 Å². The molecule has 0 bridgehead atoms. The van der Waals surface area contributed by atoms with Gasteiger partial charge in [-0.3, -0.25) is 0 Å². The van der Waals surface area contributed by atoms with E-state index in [-0.39, 0.29) is 0 Å². The van der Waals surface area contributed by atoms with Crippen LogP contribution in [-0.2, 0) is 6.42 Å². The van der Waals surface area contributed by atoms with Crippen LogP contribution >= 0.6 is 15.9 Å². The van der Waals surface area contributed by atoms with Crippen molar-refractivity contribution in [2.24, 2.45) is 5.73 Å². The Morgan fingerprint density at radius 1 is 1.44 bits per heavy atom. The van der Waals surface area contributed by atoms with Crippen molar-refractivity contribution in [2.75, 3.05) is 13.7 Å². The van der Waals surface area contributed by atoms with E-state index in [0.29, 0.717) is 12.5 Å². The van der Waals surface area contributed by atoms with Crippen molar-refractivity contribution in [3.05, 3.63) is 27.2 Å². The molecule has 0 atom stereocenters. The van der Waals surface area contributed by atoms with Crippen LogP contribution in [0.15, 0.2) is 10.5 Å². The van der Waals surface area contributed by atoms with E-state index in [2.05, 4.69) is 42.8 Å². The molecule has 1 aromatic rings. The van der Waals surface area contributed by atoms with E-state index in [1.165, 1.54) is 16.7 Å². The van der Waals surface area contributed by atoms with Crippen molar-refractivity contribution in [3.8, 4) is 5.75 Å². The van der Waals surface area contributed by atoms with E-state index < -0.39 is 0 Å². The molecule has 0 aliphatic rings. The van der Waals surface area contributed by atoms with Gasteiger partial charge in [-0.2, -0.15) is 0 Å². The van der Waals surface area contributed by atoms with Crippen LogP contribution in [-0.4, -0.2) is 13.7 Å². The highest BCUT2D eigenvalue weighted by molar-refractivity contribution is 9.10. The summed E-state index contributed by atoms with van der Waals surface area (Å²) in [6.45, 7) is 7.09. The molecule has 0 spiro atoms. The Morgan fingerprint density at radius 2 is 2.06 bits per heavy atom. The highest BCUT2D eigenvalue weighted by Gasteiger charge is 2.16. The zero-order chi connectivity index (χ0) is 12.3. The van der Waals surface area contributed by atoms with Gasteiger partial charge in [-0.15, -0.1) is 0 Å². The fourth-order valence-corrected chi connectivity index (χ4v) is 2.40. The summed E-state index contributed by atoms with van der Waals surface area (Å²) >= 11 is 3.60. The van der Waals surface area contributed by atoms with E-state index in [4.69, 9.17) is 10.5 Å². The van der Waals surface area contributed by atoms with Crippen LogP contribution in [0.2, 0.25) is 0 Å². The molecule has 1 aromatic carbocycles. The highest BCUT2D eigenvalue weighted by atomic mass is 79.9. The molecule has 0 radical (unpaired) electrons. The summed E-state index contributed by atoms with van der Waals surface area (Å²) in [7, 11) is 1.73. The van der Waals surface area contributed by atoms with Gasteiger partial charge in [0.15, 0.2) is 0 Å². The summed E-state index contributed by atoms with van der Waals surface area (Å²) in [5.74, 6) is 1.45. The van der Waals surface area contributed by atoms with Crippen molar-refractivity contribution < 1.29 is 4.74 Å². The average molecular weight is 286 g/mol. The Morgan fingerprint density at radius 3 is 2.50 bits per heavy atom. The van der Waals surface area contributed by atoms with E-state index >= 15 is 0 Å². The van der Waals surface area contributed by atoms with Crippen LogP contribution in [0.5, 0.6) is 5.75 Å². The van der Waals surface area contributed by atoms with Crippen molar-refractivity contribution in [1.29, 1.82) is 0 Å². The molecule has 0 aromatic heterocycles. The van der Waals surface area contributed by atoms with Crippen LogP contribution in [0.1, 0.15) is 36.5 Å². The van der Waals surface area contributed by atoms with Gasteiger partial charge in [-0.05, 0) is 48.6 Å². The number of rotatable bonds is 4. The zero-order valence-electron chi connectivity index (χ0n) is 10.4. The largest absolute Gasteiger partial charge is 0.496 e. The Balaban J connectivity index is 3.42. The molecule has 0 saturated heterocycles. The molecule has 0 aliphatic carbocycles. The van der Waals surface area contributed by atoms with Crippen LogP contribution in [0, 0.1) is 6.92 Å². The molecular formula is C13H20BrNO. The van der Waals surface area contributed by atoms with E-state index in [1.807, 2.05) is 0 Å². The van der Waals surface area contributed by atoms with Crippen molar-refractivity contribution in [1.82, 2.24) is 0 Å². The first kappa shape index (κ1) is 13.5. The number of nitrogens with two attached hydrogens (primary N) is 1. The van der Waals surface area contributed by atoms with Crippen molar-refractivity contribution in [2.45, 2.75) is 33.1 Å². The number of hydrogen-bond donors (Lipinski definition) is 1. The molecular weight excluding hydrogens is 266 g/mol. The van der Waals surface area contributed by atoms with Gasteiger partial charge < -0.3 is 10.5 Å². The molecule has 0 amide bonds. The van der Waals surface area contributed by atoms with Gasteiger partial charge in [0.2, 0.25) is 0 Å². The Bertz CT molecular complexity index is 375. The Hall–Kier alpha value is -0.540. The summed E-state index contributed by atoms with van der Waals surface area (Å²) in [6, 6.07) is 2.15. The fourth-order valence-electron chi connectivity index (χ4n) is 1.91. The molecule has 2 nitrogen and oxygen atoms in total. The van der Waals surface area contributed by atoms with Crippen LogP contribution < -0.4 is 10.5 Å². The van der Waals surface area contributed by atoms with E-state index in [9.17, 15) is 0 Å². The van der Waals surface area contributed by atoms with Crippen molar-refractivity contribution >= 4 is 15.9 Å². The number of hydrogen-bond acceptors (Lipinski definition) is 2. The average Bonchev–Trinajstić information content (AvgIpc) is 2.24. The maximum atomic E-state index is 5.66. The summed E-state index contributed by atoms with van der Waals surface area (Å²) in [6.07, 6.45) is 0.855. The third-order valence-corrected chi connectivity index (χ3v) is 3.67. The molecule has 0 fully saturated rings. The Labute approximate surface area is 106 Å². The van der Waals surface area contributed by atoms with Gasteiger partial charge >= 0.3 is 0 Å². The maximum Gasteiger partial charge on any atom is 0.125 e. The second kappa shape index (κ2) is 5.69. The van der Waals surface area contributed by atoms with Crippen molar-refractivity contribution in [3.63, 3.8) is 0 Å². The summed E-state index contributed by atoms with van der Waals surface area (Å²) < 4.78 is 6.69. The number of halogens is 1. The lowest BCUT2D eigenvalue weighted by Crippen LogP contribution is -2.08. The summed E-state index contributed by atoms with van der Waals surface area (Å²) in [4.78, 5) is 0. The quantitative estimate of drug-likeness (QED) is 0.920. The SMILES string of the molecule is COc1c(C(C)C)cc(Br)c(C)c1CCN. The van der Waals surface area contributed by atoms with Gasteiger partial charge in [0.25, 0.3) is 0 Å². The minimum atomic E-state index is 0.448. The number of benzene rings is 1. The lowest BCUT2D eigenvalue weighted by molar-refractivity contribution is 0.402. The first-order valence-corrected chi connectivity index (χ1v) is 6.38. The molecule has 2 N–H and O–H groups in total. The second-order valence-corrected chi connectivity index (χ2v) is 5.13. The monoisotopic (exact) mass is 285 g/mol. The molecule has 16 heavy (non-hydrogen) atoms. The molecule has 0 unspecified atom stereocenters. The second-order valence-electron chi connectivity index (χ2n) is 4.28. The van der Waals surface area contributed by atoms with E-state index in [0.717, 1.165) is 16.6 Å². The van der Waals surface area contributed by atoms with Gasteiger partial charge in [0.1, 0.15) is 5.75 Å². The highest BCUT2D eigenvalue weighted by Crippen LogP contribution is 2.36. The first-order valence-electron chi connectivity index (χ1n) is 5.58. The normalized spacial score (nSPS) is 10.9. The molecule has 3 heteroatoms. The Kier molecular flexibility index (Phi) is 4.81.